The second kappa shape index (κ2) is 10.0. The number of nitrogens with zero attached hydrogens (tertiary/aromatic N) is 3. The normalized spacial score (nSPS) is 16.7. The van der Waals surface area contributed by atoms with Crippen molar-refractivity contribution in [2.24, 2.45) is 11.7 Å². The highest BCUT2D eigenvalue weighted by Crippen LogP contribution is 2.38. The van der Waals surface area contributed by atoms with Crippen LogP contribution < -0.4 is 15.5 Å². The molecule has 4 rings (SSSR count). The summed E-state index contributed by atoms with van der Waals surface area (Å²) in [6, 6.07) is 13.8. The average Bonchev–Trinajstić information content (AvgIpc) is 3.59. The van der Waals surface area contributed by atoms with Crippen molar-refractivity contribution in [2.45, 2.75) is 26.3 Å². The Balaban J connectivity index is 1.69. The van der Waals surface area contributed by atoms with E-state index < -0.39 is 0 Å². The molecule has 0 aromatic heterocycles. The number of rotatable bonds is 9. The third-order valence-corrected chi connectivity index (χ3v) is 6.57. The minimum absolute atomic E-state index is 0.688. The number of hydrogen-bond donors (Lipinski definition) is 1. The second-order valence-corrected chi connectivity index (χ2v) is 9.29. The van der Waals surface area contributed by atoms with Crippen molar-refractivity contribution in [3.8, 4) is 11.1 Å². The van der Waals surface area contributed by atoms with Crippen molar-refractivity contribution in [1.82, 2.24) is 4.90 Å². The quantitative estimate of drug-likeness (QED) is 0.667. The molecule has 2 aromatic rings. The summed E-state index contributed by atoms with van der Waals surface area (Å²) in [6.45, 7) is 9.48. The smallest absolute Gasteiger partial charge is 0.0642 e. The number of morpholine rings is 1. The van der Waals surface area contributed by atoms with E-state index in [0.29, 0.717) is 6.54 Å². The molecule has 1 aliphatic carbocycles. The van der Waals surface area contributed by atoms with Crippen LogP contribution in [-0.2, 0) is 11.3 Å². The first kappa shape index (κ1) is 22.1. The Bertz CT molecular complexity index is 874. The lowest BCUT2D eigenvalue weighted by atomic mass is 9.98. The molecule has 1 saturated carbocycles. The third-order valence-electron chi connectivity index (χ3n) is 6.57. The van der Waals surface area contributed by atoms with Crippen LogP contribution in [0.15, 0.2) is 36.4 Å². The van der Waals surface area contributed by atoms with E-state index in [1.807, 2.05) is 0 Å². The Kier molecular flexibility index (Phi) is 7.16. The summed E-state index contributed by atoms with van der Waals surface area (Å²) in [4.78, 5) is 7.25. The Hall–Kier alpha value is -2.08. The molecule has 0 bridgehead atoms. The standard InChI is InChI=1S/C26H38N4O/c1-20-25(29(3)19-21-7-8-21)16-24(17-26(20)30-11-13-31-14-12-30)23-6-4-5-22(15-23)18-28(2)10-9-27/h4-6,15-17,21H,7-14,18-19,27H2,1-3H3. The van der Waals surface area contributed by atoms with Crippen LogP contribution in [0.4, 0.5) is 11.4 Å². The van der Waals surface area contributed by atoms with Gasteiger partial charge in [0.2, 0.25) is 0 Å². The van der Waals surface area contributed by atoms with Crippen LogP contribution in [0, 0.1) is 12.8 Å². The molecule has 5 nitrogen and oxygen atoms in total. The number of ether oxygens (including phenoxy) is 1. The SMILES string of the molecule is Cc1c(N(C)CC2CC2)cc(-c2cccc(CN(C)CCN)c2)cc1N1CCOCC1. The van der Waals surface area contributed by atoms with Gasteiger partial charge in [0.25, 0.3) is 0 Å². The lowest BCUT2D eigenvalue weighted by Gasteiger charge is -2.33. The zero-order valence-corrected chi connectivity index (χ0v) is 19.4. The third kappa shape index (κ3) is 5.59. The molecule has 2 aromatic carbocycles. The molecule has 2 aliphatic rings. The van der Waals surface area contributed by atoms with Crippen LogP contribution in [0.1, 0.15) is 24.0 Å². The van der Waals surface area contributed by atoms with Crippen LogP contribution in [0.25, 0.3) is 11.1 Å². The van der Waals surface area contributed by atoms with Gasteiger partial charge in [0.15, 0.2) is 0 Å². The van der Waals surface area contributed by atoms with E-state index in [2.05, 4.69) is 72.1 Å². The number of nitrogens with two attached hydrogens (primary N) is 1. The molecule has 0 radical (unpaired) electrons. The van der Waals surface area contributed by atoms with Crippen molar-refractivity contribution >= 4 is 11.4 Å². The molecule has 168 valence electrons. The maximum absolute atomic E-state index is 5.73. The molecule has 2 N–H and O–H groups in total. The predicted octanol–water partition coefficient (Wildman–Crippen LogP) is 3.74. The first-order valence-electron chi connectivity index (χ1n) is 11.7. The van der Waals surface area contributed by atoms with Gasteiger partial charge in [-0.15, -0.1) is 0 Å². The van der Waals surface area contributed by atoms with Crippen molar-refractivity contribution in [2.75, 3.05) is 69.8 Å². The van der Waals surface area contributed by atoms with Gasteiger partial charge >= 0.3 is 0 Å². The second-order valence-electron chi connectivity index (χ2n) is 9.29. The minimum Gasteiger partial charge on any atom is -0.378 e. The van der Waals surface area contributed by atoms with Crippen molar-refractivity contribution in [1.29, 1.82) is 0 Å². The van der Waals surface area contributed by atoms with Gasteiger partial charge < -0.3 is 25.2 Å². The van der Waals surface area contributed by atoms with E-state index in [1.54, 1.807) is 0 Å². The summed E-state index contributed by atoms with van der Waals surface area (Å²) < 4.78 is 5.62. The Morgan fingerprint density at radius 1 is 1.06 bits per heavy atom. The van der Waals surface area contributed by atoms with Gasteiger partial charge in [-0.3, -0.25) is 0 Å². The summed E-state index contributed by atoms with van der Waals surface area (Å²) in [6.07, 6.45) is 2.75. The molecule has 0 unspecified atom stereocenters. The summed E-state index contributed by atoms with van der Waals surface area (Å²) in [5.41, 5.74) is 13.7. The highest BCUT2D eigenvalue weighted by atomic mass is 16.5. The van der Waals surface area contributed by atoms with Crippen LogP contribution in [-0.4, -0.2) is 64.9 Å². The van der Waals surface area contributed by atoms with Gasteiger partial charge in [-0.2, -0.15) is 0 Å². The summed E-state index contributed by atoms with van der Waals surface area (Å²) in [7, 11) is 4.39. The number of hydrogen-bond acceptors (Lipinski definition) is 5. The van der Waals surface area contributed by atoms with E-state index in [4.69, 9.17) is 10.5 Å². The molecule has 31 heavy (non-hydrogen) atoms. The van der Waals surface area contributed by atoms with Crippen molar-refractivity contribution in [3.05, 3.63) is 47.5 Å². The summed E-state index contributed by atoms with van der Waals surface area (Å²) >= 11 is 0. The fraction of sp³-hybridized carbons (Fsp3) is 0.538. The number of benzene rings is 2. The zero-order valence-electron chi connectivity index (χ0n) is 19.4. The highest BCUT2D eigenvalue weighted by Gasteiger charge is 2.25. The van der Waals surface area contributed by atoms with Gasteiger partial charge in [-0.25, -0.2) is 0 Å². The van der Waals surface area contributed by atoms with Crippen LogP contribution in [0.2, 0.25) is 0 Å². The zero-order chi connectivity index (χ0) is 21.8. The first-order valence-corrected chi connectivity index (χ1v) is 11.7. The maximum Gasteiger partial charge on any atom is 0.0642 e. The van der Waals surface area contributed by atoms with E-state index >= 15 is 0 Å². The minimum atomic E-state index is 0.688. The Labute approximate surface area is 187 Å². The van der Waals surface area contributed by atoms with Crippen molar-refractivity contribution < 1.29 is 4.74 Å². The predicted molar refractivity (Wildman–Crippen MR) is 131 cm³/mol. The van der Waals surface area contributed by atoms with E-state index in [0.717, 1.165) is 51.9 Å². The van der Waals surface area contributed by atoms with E-state index in [1.165, 1.54) is 46.5 Å². The first-order chi connectivity index (χ1) is 15.0. The van der Waals surface area contributed by atoms with Gasteiger partial charge in [-0.05, 0) is 73.2 Å². The number of anilines is 2. The van der Waals surface area contributed by atoms with Crippen LogP contribution in [0.5, 0.6) is 0 Å². The highest BCUT2D eigenvalue weighted by molar-refractivity contribution is 5.79. The monoisotopic (exact) mass is 422 g/mol. The van der Waals surface area contributed by atoms with Crippen molar-refractivity contribution in [3.63, 3.8) is 0 Å². The van der Waals surface area contributed by atoms with Crippen LogP contribution in [0.3, 0.4) is 0 Å². The Morgan fingerprint density at radius 3 is 2.55 bits per heavy atom. The largest absolute Gasteiger partial charge is 0.378 e. The van der Waals surface area contributed by atoms with Gasteiger partial charge in [0.05, 0.1) is 13.2 Å². The molecule has 0 spiro atoms. The fourth-order valence-corrected chi connectivity index (χ4v) is 4.63. The average molecular weight is 423 g/mol. The molecule has 0 amide bonds. The Morgan fingerprint density at radius 2 is 1.84 bits per heavy atom. The van der Waals surface area contributed by atoms with Gasteiger partial charge in [-0.1, -0.05) is 18.2 Å². The lowest BCUT2D eigenvalue weighted by molar-refractivity contribution is 0.122. The van der Waals surface area contributed by atoms with Gasteiger partial charge in [0.1, 0.15) is 0 Å². The molecule has 1 aliphatic heterocycles. The fourth-order valence-electron chi connectivity index (χ4n) is 4.63. The van der Waals surface area contributed by atoms with Crippen LogP contribution >= 0.6 is 0 Å². The summed E-state index contributed by atoms with van der Waals surface area (Å²) in [5.74, 6) is 0.862. The number of likely N-dealkylation sites (N-methyl/N-ethyl adjacent to an activating group) is 1. The molecular weight excluding hydrogens is 384 g/mol. The summed E-state index contributed by atoms with van der Waals surface area (Å²) in [5, 5.41) is 0. The molecular formula is C26H38N4O. The molecule has 2 fully saturated rings. The maximum atomic E-state index is 5.73. The van der Waals surface area contributed by atoms with E-state index in [-0.39, 0.29) is 0 Å². The van der Waals surface area contributed by atoms with Gasteiger partial charge in [0, 0.05) is 57.7 Å². The topological polar surface area (TPSA) is 45.0 Å². The molecule has 1 heterocycles. The molecule has 1 saturated heterocycles. The van der Waals surface area contributed by atoms with E-state index in [9.17, 15) is 0 Å². The molecule has 5 heteroatoms. The lowest BCUT2D eigenvalue weighted by Crippen LogP contribution is -2.37. The molecule has 0 atom stereocenters.